The predicted octanol–water partition coefficient (Wildman–Crippen LogP) is 2.57. The minimum absolute atomic E-state index is 0.00120. The molecule has 0 bridgehead atoms. The van der Waals surface area contributed by atoms with Crippen LogP contribution in [0.2, 0.25) is 0 Å². The summed E-state index contributed by atoms with van der Waals surface area (Å²) in [5, 5.41) is 0. The van der Waals surface area contributed by atoms with Crippen LogP contribution in [0.15, 0.2) is 29.2 Å². The van der Waals surface area contributed by atoms with Crippen molar-refractivity contribution in [3.8, 4) is 0 Å². The molecule has 1 amide bonds. The van der Waals surface area contributed by atoms with Gasteiger partial charge in [-0.05, 0) is 65.3 Å². The van der Waals surface area contributed by atoms with E-state index in [4.69, 9.17) is 4.74 Å². The lowest BCUT2D eigenvalue weighted by Crippen LogP contribution is -2.44. The van der Waals surface area contributed by atoms with Crippen molar-refractivity contribution in [2.24, 2.45) is 0 Å². The lowest BCUT2D eigenvalue weighted by atomic mass is 10.2. The van der Waals surface area contributed by atoms with Crippen molar-refractivity contribution in [1.82, 2.24) is 9.62 Å². The molecule has 7 nitrogen and oxygen atoms in total. The molecule has 1 aromatic carbocycles. The highest BCUT2D eigenvalue weighted by Crippen LogP contribution is 2.13. The summed E-state index contributed by atoms with van der Waals surface area (Å²) < 4.78 is 32.1. The number of hydrogen-bond donors (Lipinski definition) is 1. The normalized spacial score (nSPS) is 12.9. The van der Waals surface area contributed by atoms with Crippen molar-refractivity contribution in [3.05, 3.63) is 29.8 Å². The second-order valence-electron chi connectivity index (χ2n) is 7.02. The number of amides is 1. The maximum absolute atomic E-state index is 12.2. The van der Waals surface area contributed by atoms with E-state index in [0.29, 0.717) is 6.42 Å². The van der Waals surface area contributed by atoms with Crippen molar-refractivity contribution < 1.29 is 22.7 Å². The molecule has 152 valence electrons. The van der Waals surface area contributed by atoms with Gasteiger partial charge < -0.3 is 9.64 Å². The predicted molar refractivity (Wildman–Crippen MR) is 104 cm³/mol. The van der Waals surface area contributed by atoms with Gasteiger partial charge in [0.2, 0.25) is 10.0 Å². The summed E-state index contributed by atoms with van der Waals surface area (Å²) in [7, 11) is -3.63. The van der Waals surface area contributed by atoms with Crippen LogP contribution in [0, 0.1) is 0 Å². The van der Waals surface area contributed by atoms with Gasteiger partial charge in [0.1, 0.15) is 0 Å². The van der Waals surface area contributed by atoms with Gasteiger partial charge in [0.05, 0.1) is 10.5 Å². The third-order valence-corrected chi connectivity index (χ3v) is 5.70. The van der Waals surface area contributed by atoms with Crippen molar-refractivity contribution in [2.75, 3.05) is 6.61 Å². The highest BCUT2D eigenvalue weighted by Gasteiger charge is 2.22. The minimum atomic E-state index is -3.63. The zero-order valence-corrected chi connectivity index (χ0v) is 17.7. The van der Waals surface area contributed by atoms with Crippen LogP contribution in [0.4, 0.5) is 0 Å². The van der Waals surface area contributed by atoms with Crippen LogP contribution in [0.3, 0.4) is 0 Å². The molecular weight excluding hydrogens is 368 g/mol. The van der Waals surface area contributed by atoms with Crippen molar-refractivity contribution in [2.45, 2.75) is 71.0 Å². The number of benzene rings is 1. The molecule has 8 heteroatoms. The number of nitrogens with zero attached hydrogens (tertiary/aromatic N) is 1. The lowest BCUT2D eigenvalue weighted by Gasteiger charge is -2.30. The molecule has 1 rings (SSSR count). The van der Waals surface area contributed by atoms with E-state index < -0.39 is 16.0 Å². The fourth-order valence-corrected chi connectivity index (χ4v) is 3.97. The smallest absolute Gasteiger partial charge is 0.338 e. The first-order valence-corrected chi connectivity index (χ1v) is 10.6. The van der Waals surface area contributed by atoms with E-state index in [9.17, 15) is 18.0 Å². The zero-order chi connectivity index (χ0) is 20.8. The van der Waals surface area contributed by atoms with Crippen LogP contribution < -0.4 is 4.72 Å². The van der Waals surface area contributed by atoms with Crippen LogP contribution in [0.25, 0.3) is 0 Å². The summed E-state index contributed by atoms with van der Waals surface area (Å²) in [6.07, 6.45) is 0.668. The first-order chi connectivity index (χ1) is 12.5. The summed E-state index contributed by atoms with van der Waals surface area (Å²) in [6.45, 7) is 10.9. The van der Waals surface area contributed by atoms with Crippen molar-refractivity contribution >= 4 is 21.9 Å². The average Bonchev–Trinajstić information content (AvgIpc) is 2.58. The van der Waals surface area contributed by atoms with Crippen LogP contribution >= 0.6 is 0 Å². The molecule has 0 aliphatic rings. The van der Waals surface area contributed by atoms with Gasteiger partial charge in [0.25, 0.3) is 5.91 Å². The maximum Gasteiger partial charge on any atom is 0.338 e. The molecule has 0 fully saturated rings. The van der Waals surface area contributed by atoms with Gasteiger partial charge in [-0.15, -0.1) is 0 Å². The Morgan fingerprint density at radius 1 is 1.04 bits per heavy atom. The molecule has 0 aliphatic carbocycles. The molecule has 1 N–H and O–H groups in total. The molecule has 0 saturated carbocycles. The van der Waals surface area contributed by atoms with Crippen LogP contribution in [0.5, 0.6) is 0 Å². The number of rotatable bonds is 9. The first kappa shape index (κ1) is 23.1. The van der Waals surface area contributed by atoms with Gasteiger partial charge >= 0.3 is 5.97 Å². The molecule has 1 atom stereocenters. The number of hydrogen-bond acceptors (Lipinski definition) is 5. The van der Waals surface area contributed by atoms with E-state index in [1.165, 1.54) is 24.3 Å². The fraction of sp³-hybridized carbons (Fsp3) is 0.579. The van der Waals surface area contributed by atoms with Crippen LogP contribution in [0.1, 0.15) is 58.3 Å². The summed E-state index contributed by atoms with van der Waals surface area (Å²) in [6, 6.07) is 5.25. The van der Waals surface area contributed by atoms with Crippen LogP contribution in [-0.4, -0.2) is 49.9 Å². The van der Waals surface area contributed by atoms with Gasteiger partial charge in [-0.25, -0.2) is 17.9 Å². The highest BCUT2D eigenvalue weighted by molar-refractivity contribution is 7.89. The Hall–Kier alpha value is -1.93. The Bertz CT molecular complexity index is 734. The molecule has 0 unspecified atom stereocenters. The molecule has 0 heterocycles. The third kappa shape index (κ3) is 6.62. The average molecular weight is 399 g/mol. The van der Waals surface area contributed by atoms with E-state index in [-0.39, 0.29) is 41.1 Å². The molecule has 0 aromatic heterocycles. The summed E-state index contributed by atoms with van der Waals surface area (Å²) in [5.41, 5.74) is 0.186. The standard InChI is InChI=1S/C19H30N2O5S/c1-7-15(6)20-27(24,25)17-10-8-16(9-11-17)19(23)26-12-18(22)21(13(2)3)14(4)5/h8-11,13-15,20H,7,12H2,1-6H3/t15-/m0/s1. The minimum Gasteiger partial charge on any atom is -0.452 e. The number of sulfonamides is 1. The Morgan fingerprint density at radius 2 is 1.56 bits per heavy atom. The van der Waals surface area contributed by atoms with Gasteiger partial charge in [-0.1, -0.05) is 6.92 Å². The number of ether oxygens (including phenoxy) is 1. The summed E-state index contributed by atoms with van der Waals surface area (Å²) >= 11 is 0. The van der Waals surface area contributed by atoms with E-state index >= 15 is 0 Å². The monoisotopic (exact) mass is 398 g/mol. The molecule has 0 aliphatic heterocycles. The lowest BCUT2D eigenvalue weighted by molar-refractivity contribution is -0.138. The SMILES string of the molecule is CC[C@H](C)NS(=O)(=O)c1ccc(C(=O)OCC(=O)N(C(C)C)C(C)C)cc1. The van der Waals surface area contributed by atoms with Crippen molar-refractivity contribution in [3.63, 3.8) is 0 Å². The number of nitrogens with one attached hydrogen (secondary N) is 1. The summed E-state index contributed by atoms with van der Waals surface area (Å²) in [4.78, 5) is 26.1. The molecular formula is C19H30N2O5S. The first-order valence-electron chi connectivity index (χ1n) is 9.10. The number of carbonyl (C=O) groups is 2. The topological polar surface area (TPSA) is 92.8 Å². The van der Waals surface area contributed by atoms with Gasteiger partial charge in [0.15, 0.2) is 6.61 Å². The second-order valence-corrected chi connectivity index (χ2v) is 8.73. The fourth-order valence-electron chi connectivity index (χ4n) is 2.64. The van der Waals surface area contributed by atoms with E-state index in [1.807, 2.05) is 34.6 Å². The second kappa shape index (κ2) is 9.85. The molecule has 27 heavy (non-hydrogen) atoms. The Morgan fingerprint density at radius 3 is 2.00 bits per heavy atom. The van der Waals surface area contributed by atoms with E-state index in [2.05, 4.69) is 4.72 Å². The zero-order valence-electron chi connectivity index (χ0n) is 16.9. The van der Waals surface area contributed by atoms with E-state index in [0.717, 1.165) is 0 Å². The number of esters is 1. The molecule has 0 radical (unpaired) electrons. The van der Waals surface area contributed by atoms with Gasteiger partial charge in [-0.2, -0.15) is 0 Å². The van der Waals surface area contributed by atoms with Crippen molar-refractivity contribution in [1.29, 1.82) is 0 Å². The Balaban J connectivity index is 2.76. The van der Waals surface area contributed by atoms with Gasteiger partial charge in [0, 0.05) is 18.1 Å². The Kier molecular flexibility index (Phi) is 8.43. The highest BCUT2D eigenvalue weighted by atomic mass is 32.2. The molecule has 1 aromatic rings. The Labute approximate surface area is 162 Å². The number of carbonyl (C=O) groups excluding carboxylic acids is 2. The van der Waals surface area contributed by atoms with E-state index in [1.54, 1.807) is 11.8 Å². The molecule has 0 saturated heterocycles. The molecule has 0 spiro atoms. The summed E-state index contributed by atoms with van der Waals surface area (Å²) in [5.74, 6) is -0.944. The largest absolute Gasteiger partial charge is 0.452 e. The maximum atomic E-state index is 12.2. The quantitative estimate of drug-likeness (QED) is 0.646. The van der Waals surface area contributed by atoms with Crippen LogP contribution in [-0.2, 0) is 19.6 Å². The van der Waals surface area contributed by atoms with Gasteiger partial charge in [-0.3, -0.25) is 4.79 Å². The third-order valence-electron chi connectivity index (χ3n) is 4.10.